The summed E-state index contributed by atoms with van der Waals surface area (Å²) in [6.45, 7) is 2.80. The molecule has 1 amide bonds. The van der Waals surface area contributed by atoms with Crippen LogP contribution in [0.15, 0.2) is 0 Å². The van der Waals surface area contributed by atoms with Crippen LogP contribution in [0.1, 0.15) is 26.2 Å². The van der Waals surface area contributed by atoms with Gasteiger partial charge in [0.15, 0.2) is 5.54 Å². The minimum absolute atomic E-state index is 0.0924. The number of hydrogen-bond acceptors (Lipinski definition) is 5. The van der Waals surface area contributed by atoms with Crippen LogP contribution in [0.5, 0.6) is 0 Å². The van der Waals surface area contributed by atoms with Crippen molar-refractivity contribution in [2.24, 2.45) is 0 Å². The van der Waals surface area contributed by atoms with Crippen LogP contribution in [0.4, 0.5) is 0 Å². The Hall–Kier alpha value is -1.18. The van der Waals surface area contributed by atoms with Crippen molar-refractivity contribution < 1.29 is 28.9 Å². The fourth-order valence-corrected chi connectivity index (χ4v) is 1.97. The van der Waals surface area contributed by atoms with Gasteiger partial charge in [0.1, 0.15) is 0 Å². The maximum atomic E-state index is 11.7. The summed E-state index contributed by atoms with van der Waals surface area (Å²) in [6.07, 6.45) is 2.26. The first-order valence-corrected chi connectivity index (χ1v) is 6.70. The Morgan fingerprint density at radius 1 is 1.50 bits per heavy atom. The van der Waals surface area contributed by atoms with Crippen LogP contribution in [0.3, 0.4) is 0 Å². The maximum Gasteiger partial charge on any atom is 0.331 e. The molecule has 1 rings (SSSR count). The van der Waals surface area contributed by atoms with E-state index < -0.39 is 11.5 Å². The van der Waals surface area contributed by atoms with E-state index in [1.54, 1.807) is 0 Å². The van der Waals surface area contributed by atoms with E-state index in [2.05, 4.69) is 5.32 Å². The largest absolute Gasteiger partial charge is 0.479 e. The van der Waals surface area contributed by atoms with Gasteiger partial charge in [-0.2, -0.15) is 0 Å². The molecule has 1 aliphatic rings. The molecule has 0 aromatic heterocycles. The predicted octanol–water partition coefficient (Wildman–Crippen LogP) is 0.178. The topological polar surface area (TPSA) is 94.1 Å². The van der Waals surface area contributed by atoms with Crippen molar-refractivity contribution in [3.63, 3.8) is 0 Å². The lowest BCUT2D eigenvalue weighted by Crippen LogP contribution is -2.55. The first kappa shape index (κ1) is 16.9. The van der Waals surface area contributed by atoms with Crippen molar-refractivity contribution in [1.82, 2.24) is 5.32 Å². The van der Waals surface area contributed by atoms with Gasteiger partial charge in [-0.3, -0.25) is 4.79 Å². The summed E-state index contributed by atoms with van der Waals surface area (Å²) in [4.78, 5) is 22.8. The second-order valence-corrected chi connectivity index (χ2v) is 5.08. The molecule has 1 heterocycles. The third-order valence-corrected chi connectivity index (χ3v) is 3.12. The molecule has 0 radical (unpaired) electrons. The first-order valence-electron chi connectivity index (χ1n) is 6.70. The number of hydrogen-bond donors (Lipinski definition) is 2. The summed E-state index contributed by atoms with van der Waals surface area (Å²) in [5.74, 6) is -1.51. The van der Waals surface area contributed by atoms with Gasteiger partial charge in [-0.1, -0.05) is 0 Å². The number of ether oxygens (including phenoxy) is 3. The number of rotatable bonds is 9. The van der Waals surface area contributed by atoms with Gasteiger partial charge in [0, 0.05) is 20.1 Å². The Bertz CT molecular complexity index is 329. The number of amides is 1. The highest BCUT2D eigenvalue weighted by Gasteiger charge is 2.34. The smallest absolute Gasteiger partial charge is 0.331 e. The highest BCUT2D eigenvalue weighted by atomic mass is 16.5. The number of carbonyl (C=O) groups excluding carboxylic acids is 1. The Morgan fingerprint density at radius 2 is 2.25 bits per heavy atom. The van der Waals surface area contributed by atoms with Crippen molar-refractivity contribution >= 4 is 11.9 Å². The van der Waals surface area contributed by atoms with Crippen LogP contribution < -0.4 is 5.32 Å². The van der Waals surface area contributed by atoms with E-state index >= 15 is 0 Å². The average Bonchev–Trinajstić information content (AvgIpc) is 2.87. The molecule has 0 spiro atoms. The molecule has 7 nitrogen and oxygen atoms in total. The number of nitrogens with one attached hydrogen (secondary N) is 1. The normalized spacial score (nSPS) is 21.4. The molecule has 0 aliphatic carbocycles. The van der Waals surface area contributed by atoms with E-state index in [0.717, 1.165) is 19.4 Å². The zero-order valence-electron chi connectivity index (χ0n) is 12.0. The van der Waals surface area contributed by atoms with E-state index in [1.165, 1.54) is 14.0 Å². The Balaban J connectivity index is 2.22. The van der Waals surface area contributed by atoms with Crippen molar-refractivity contribution in [3.8, 4) is 0 Å². The third kappa shape index (κ3) is 5.44. The zero-order valence-corrected chi connectivity index (χ0v) is 12.0. The van der Waals surface area contributed by atoms with Gasteiger partial charge in [0.25, 0.3) is 0 Å². The van der Waals surface area contributed by atoms with Gasteiger partial charge >= 0.3 is 5.97 Å². The number of aliphatic carboxylic acids is 1. The van der Waals surface area contributed by atoms with E-state index in [9.17, 15) is 9.59 Å². The van der Waals surface area contributed by atoms with Gasteiger partial charge in [-0.25, -0.2) is 4.79 Å². The first-order chi connectivity index (χ1) is 9.48. The summed E-state index contributed by atoms with van der Waals surface area (Å²) < 4.78 is 15.6. The average molecular weight is 289 g/mol. The van der Waals surface area contributed by atoms with Crippen LogP contribution in [0.2, 0.25) is 0 Å². The summed E-state index contributed by atoms with van der Waals surface area (Å²) in [5, 5.41) is 11.5. The maximum absolute atomic E-state index is 11.7. The van der Waals surface area contributed by atoms with Crippen LogP contribution in [-0.4, -0.2) is 62.2 Å². The van der Waals surface area contributed by atoms with E-state index in [4.69, 9.17) is 19.3 Å². The summed E-state index contributed by atoms with van der Waals surface area (Å²) in [5.41, 5.74) is -1.42. The summed E-state index contributed by atoms with van der Waals surface area (Å²) in [7, 11) is 1.39. The van der Waals surface area contributed by atoms with Gasteiger partial charge in [0.2, 0.25) is 5.91 Å². The zero-order chi connectivity index (χ0) is 15.0. The number of carboxylic acid groups (broad SMARTS) is 1. The lowest BCUT2D eigenvalue weighted by molar-refractivity contribution is -0.149. The van der Waals surface area contributed by atoms with Gasteiger partial charge in [0.05, 0.1) is 25.9 Å². The fraction of sp³-hybridized carbons (Fsp3) is 0.846. The number of carboxylic acids is 1. The molecule has 116 valence electrons. The highest BCUT2D eigenvalue weighted by Crippen LogP contribution is 2.12. The van der Waals surface area contributed by atoms with Gasteiger partial charge in [-0.05, 0) is 19.8 Å². The molecule has 0 aromatic rings. The van der Waals surface area contributed by atoms with E-state index in [0.29, 0.717) is 6.61 Å². The van der Waals surface area contributed by atoms with Crippen LogP contribution in [0.25, 0.3) is 0 Å². The Morgan fingerprint density at radius 3 is 2.80 bits per heavy atom. The molecule has 2 unspecified atom stereocenters. The van der Waals surface area contributed by atoms with Gasteiger partial charge in [-0.15, -0.1) is 0 Å². The number of methoxy groups -OCH3 is 1. The van der Waals surface area contributed by atoms with Crippen molar-refractivity contribution in [2.45, 2.75) is 37.8 Å². The van der Waals surface area contributed by atoms with E-state index in [-0.39, 0.29) is 31.6 Å². The molecule has 2 N–H and O–H groups in total. The van der Waals surface area contributed by atoms with Crippen molar-refractivity contribution in [2.75, 3.05) is 33.5 Å². The molecule has 0 aromatic carbocycles. The Labute approximate surface area is 118 Å². The predicted molar refractivity (Wildman–Crippen MR) is 70.5 cm³/mol. The molecule has 0 saturated carbocycles. The van der Waals surface area contributed by atoms with Crippen LogP contribution in [-0.2, 0) is 23.8 Å². The van der Waals surface area contributed by atoms with Crippen LogP contribution >= 0.6 is 0 Å². The molecule has 7 heteroatoms. The van der Waals surface area contributed by atoms with Crippen LogP contribution in [0, 0.1) is 0 Å². The van der Waals surface area contributed by atoms with Gasteiger partial charge < -0.3 is 24.6 Å². The Kier molecular flexibility index (Phi) is 6.90. The molecule has 1 aliphatic heterocycles. The lowest BCUT2D eigenvalue weighted by Gasteiger charge is -2.25. The molecule has 1 fully saturated rings. The standard InChI is InChI=1S/C13H23NO6/c1-13(9-18-2,12(16)17)14-11(15)5-7-19-8-10-4-3-6-20-10/h10H,3-9H2,1-2H3,(H,14,15)(H,16,17). The SMILES string of the molecule is COCC(C)(NC(=O)CCOCC1CCCO1)C(=O)O. The second-order valence-electron chi connectivity index (χ2n) is 5.08. The minimum Gasteiger partial charge on any atom is -0.479 e. The second kappa shape index (κ2) is 8.18. The third-order valence-electron chi connectivity index (χ3n) is 3.12. The quantitative estimate of drug-likeness (QED) is 0.588. The number of carbonyl (C=O) groups is 2. The molecule has 20 heavy (non-hydrogen) atoms. The highest BCUT2D eigenvalue weighted by molar-refractivity contribution is 5.86. The molecular weight excluding hydrogens is 266 g/mol. The molecule has 1 saturated heterocycles. The molecule has 2 atom stereocenters. The molecule has 0 bridgehead atoms. The van der Waals surface area contributed by atoms with Crippen molar-refractivity contribution in [3.05, 3.63) is 0 Å². The van der Waals surface area contributed by atoms with Crippen molar-refractivity contribution in [1.29, 1.82) is 0 Å². The summed E-state index contributed by atoms with van der Waals surface area (Å²) >= 11 is 0. The molecular formula is C13H23NO6. The fourth-order valence-electron chi connectivity index (χ4n) is 1.97. The van der Waals surface area contributed by atoms with E-state index in [1.807, 2.05) is 0 Å². The lowest BCUT2D eigenvalue weighted by atomic mass is 10.0. The minimum atomic E-state index is -1.42. The summed E-state index contributed by atoms with van der Waals surface area (Å²) in [6, 6.07) is 0. The monoisotopic (exact) mass is 289 g/mol.